The lowest BCUT2D eigenvalue weighted by atomic mass is 10.0. The number of aryl methyl sites for hydroxylation is 2. The number of benzene rings is 2. The third-order valence-electron chi connectivity index (χ3n) is 4.26. The largest absolute Gasteiger partial charge is 0.452 e. The van der Waals surface area contributed by atoms with Gasteiger partial charge in [-0.2, -0.15) is 0 Å². The van der Waals surface area contributed by atoms with Gasteiger partial charge in [0, 0.05) is 10.9 Å². The molecule has 0 fully saturated rings. The molecule has 6 heteroatoms. The van der Waals surface area contributed by atoms with Crippen molar-refractivity contribution in [3.05, 3.63) is 70.1 Å². The van der Waals surface area contributed by atoms with Gasteiger partial charge in [-0.25, -0.2) is 9.78 Å². The highest BCUT2D eigenvalue weighted by Crippen LogP contribution is 2.25. The van der Waals surface area contributed by atoms with Crippen molar-refractivity contribution in [2.45, 2.75) is 20.8 Å². The number of hydrogen-bond donors (Lipinski definition) is 1. The minimum atomic E-state index is -0.508. The fourth-order valence-corrected chi connectivity index (χ4v) is 3.26. The molecule has 27 heavy (non-hydrogen) atoms. The van der Waals surface area contributed by atoms with E-state index in [1.807, 2.05) is 56.5 Å². The summed E-state index contributed by atoms with van der Waals surface area (Å²) in [6.07, 6.45) is 0. The van der Waals surface area contributed by atoms with Crippen molar-refractivity contribution in [1.82, 2.24) is 4.98 Å². The fourth-order valence-electron chi connectivity index (χ4n) is 2.52. The summed E-state index contributed by atoms with van der Waals surface area (Å²) in [6.45, 7) is 5.45. The molecule has 0 aliphatic heterocycles. The fraction of sp³-hybridized carbons (Fsp3) is 0.190. The molecule has 0 radical (unpaired) electrons. The average molecular weight is 380 g/mol. The summed E-state index contributed by atoms with van der Waals surface area (Å²) in [5.41, 5.74) is 5.28. The molecule has 138 valence electrons. The molecule has 0 atom stereocenters. The van der Waals surface area contributed by atoms with E-state index < -0.39 is 11.9 Å². The van der Waals surface area contributed by atoms with Crippen molar-refractivity contribution in [2.75, 3.05) is 11.9 Å². The summed E-state index contributed by atoms with van der Waals surface area (Å²) < 4.78 is 5.13. The molecule has 3 aromatic rings. The van der Waals surface area contributed by atoms with Crippen LogP contribution >= 0.6 is 11.3 Å². The minimum absolute atomic E-state index is 0.355. The summed E-state index contributed by atoms with van der Waals surface area (Å²) in [5, 5.41) is 5.02. The van der Waals surface area contributed by atoms with Crippen molar-refractivity contribution in [3.63, 3.8) is 0 Å². The lowest BCUT2D eigenvalue weighted by molar-refractivity contribution is -0.119. The van der Waals surface area contributed by atoms with Gasteiger partial charge in [0.25, 0.3) is 5.91 Å². The van der Waals surface area contributed by atoms with Crippen molar-refractivity contribution >= 4 is 28.3 Å². The Hall–Kier alpha value is -2.99. The second-order valence-electron chi connectivity index (χ2n) is 6.28. The molecule has 0 unspecified atom stereocenters. The average Bonchev–Trinajstić information content (AvgIpc) is 3.11. The first-order chi connectivity index (χ1) is 12.9. The summed E-state index contributed by atoms with van der Waals surface area (Å²) in [7, 11) is 0. The van der Waals surface area contributed by atoms with Crippen LogP contribution in [-0.4, -0.2) is 23.5 Å². The van der Waals surface area contributed by atoms with Crippen LogP contribution in [-0.2, 0) is 9.53 Å². The van der Waals surface area contributed by atoms with E-state index >= 15 is 0 Å². The molecule has 1 amide bonds. The van der Waals surface area contributed by atoms with Crippen molar-refractivity contribution in [2.24, 2.45) is 0 Å². The zero-order valence-corrected chi connectivity index (χ0v) is 16.2. The number of ether oxygens (including phenoxy) is 1. The maximum Gasteiger partial charge on any atom is 0.338 e. The number of carbonyl (C=O) groups excluding carboxylic acids is 2. The molecule has 0 aliphatic carbocycles. The molecule has 2 aromatic carbocycles. The summed E-state index contributed by atoms with van der Waals surface area (Å²) in [4.78, 5) is 28.7. The maximum absolute atomic E-state index is 12.2. The number of amides is 1. The number of rotatable bonds is 5. The van der Waals surface area contributed by atoms with Crippen LogP contribution in [0.3, 0.4) is 0 Å². The van der Waals surface area contributed by atoms with Crippen LogP contribution in [0.2, 0.25) is 0 Å². The number of anilines is 1. The van der Waals surface area contributed by atoms with Gasteiger partial charge in [-0.1, -0.05) is 42.0 Å². The molecule has 0 aliphatic rings. The van der Waals surface area contributed by atoms with Gasteiger partial charge in [-0.05, 0) is 38.0 Å². The topological polar surface area (TPSA) is 68.3 Å². The second kappa shape index (κ2) is 8.14. The normalized spacial score (nSPS) is 10.5. The van der Waals surface area contributed by atoms with E-state index in [1.165, 1.54) is 16.9 Å². The molecule has 0 saturated carbocycles. The van der Waals surface area contributed by atoms with Crippen LogP contribution in [0.15, 0.2) is 47.8 Å². The first-order valence-corrected chi connectivity index (χ1v) is 9.38. The van der Waals surface area contributed by atoms with E-state index in [0.29, 0.717) is 10.7 Å². The lowest BCUT2D eigenvalue weighted by Gasteiger charge is -2.08. The summed E-state index contributed by atoms with van der Waals surface area (Å²) in [5.74, 6) is -0.927. The zero-order chi connectivity index (χ0) is 19.4. The number of nitrogens with one attached hydrogen (secondary N) is 1. The molecule has 0 spiro atoms. The first kappa shape index (κ1) is 18.8. The highest BCUT2D eigenvalue weighted by Gasteiger charge is 2.14. The quantitative estimate of drug-likeness (QED) is 0.660. The Morgan fingerprint density at radius 1 is 1.07 bits per heavy atom. The van der Waals surface area contributed by atoms with E-state index in [0.717, 1.165) is 22.4 Å². The van der Waals surface area contributed by atoms with Crippen molar-refractivity contribution in [1.29, 1.82) is 0 Å². The smallest absolute Gasteiger partial charge is 0.338 e. The van der Waals surface area contributed by atoms with E-state index in [2.05, 4.69) is 10.3 Å². The predicted octanol–water partition coefficient (Wildman–Crippen LogP) is 4.53. The minimum Gasteiger partial charge on any atom is -0.452 e. The first-order valence-electron chi connectivity index (χ1n) is 8.50. The van der Waals surface area contributed by atoms with Gasteiger partial charge in [-0.15, -0.1) is 11.3 Å². The molecular formula is C21H20N2O3S. The SMILES string of the molecule is Cc1ccc(-c2csc(NC(=O)COC(=O)c3cccc(C)c3C)n2)cc1. The van der Waals surface area contributed by atoms with Crippen LogP contribution in [0, 0.1) is 20.8 Å². The Bertz CT molecular complexity index is 977. The number of carbonyl (C=O) groups is 2. The molecule has 3 rings (SSSR count). The highest BCUT2D eigenvalue weighted by molar-refractivity contribution is 7.14. The number of aromatic nitrogens is 1. The van der Waals surface area contributed by atoms with E-state index in [-0.39, 0.29) is 6.61 Å². The summed E-state index contributed by atoms with van der Waals surface area (Å²) >= 11 is 1.33. The Balaban J connectivity index is 1.57. The highest BCUT2D eigenvalue weighted by atomic mass is 32.1. The monoisotopic (exact) mass is 380 g/mol. The standard InChI is InChI=1S/C21H20N2O3S/c1-13-7-9-16(10-8-13)18-12-27-21(22-18)23-19(24)11-26-20(25)17-6-4-5-14(2)15(17)3/h4-10,12H,11H2,1-3H3,(H,22,23,24). The molecule has 0 bridgehead atoms. The van der Waals surface area contributed by atoms with E-state index in [1.54, 1.807) is 12.1 Å². The Kier molecular flexibility index (Phi) is 5.66. The van der Waals surface area contributed by atoms with Gasteiger partial charge in [0.1, 0.15) is 0 Å². The molecular weight excluding hydrogens is 360 g/mol. The molecule has 0 saturated heterocycles. The Morgan fingerprint density at radius 2 is 1.81 bits per heavy atom. The molecule has 1 heterocycles. The van der Waals surface area contributed by atoms with E-state index in [4.69, 9.17) is 4.74 Å². The maximum atomic E-state index is 12.2. The van der Waals surface area contributed by atoms with Gasteiger partial charge in [0.05, 0.1) is 11.3 Å². The molecule has 1 aromatic heterocycles. The lowest BCUT2D eigenvalue weighted by Crippen LogP contribution is -2.21. The number of nitrogens with zero attached hydrogens (tertiary/aromatic N) is 1. The molecule has 1 N–H and O–H groups in total. The third-order valence-corrected chi connectivity index (χ3v) is 5.01. The second-order valence-corrected chi connectivity index (χ2v) is 7.13. The van der Waals surface area contributed by atoms with Gasteiger partial charge in [-0.3, -0.25) is 10.1 Å². The number of thiazole rings is 1. The predicted molar refractivity (Wildman–Crippen MR) is 107 cm³/mol. The number of esters is 1. The Morgan fingerprint density at radius 3 is 2.56 bits per heavy atom. The van der Waals surface area contributed by atoms with E-state index in [9.17, 15) is 9.59 Å². The van der Waals surface area contributed by atoms with Crippen LogP contribution < -0.4 is 5.32 Å². The van der Waals surface area contributed by atoms with Gasteiger partial charge < -0.3 is 4.74 Å². The van der Waals surface area contributed by atoms with Crippen molar-refractivity contribution in [3.8, 4) is 11.3 Å². The number of hydrogen-bond acceptors (Lipinski definition) is 5. The van der Waals surface area contributed by atoms with Gasteiger partial charge in [0.2, 0.25) is 0 Å². The van der Waals surface area contributed by atoms with Crippen LogP contribution in [0.5, 0.6) is 0 Å². The van der Waals surface area contributed by atoms with Crippen LogP contribution in [0.25, 0.3) is 11.3 Å². The van der Waals surface area contributed by atoms with Gasteiger partial charge in [0.15, 0.2) is 11.7 Å². The van der Waals surface area contributed by atoms with Crippen LogP contribution in [0.4, 0.5) is 5.13 Å². The van der Waals surface area contributed by atoms with Gasteiger partial charge >= 0.3 is 5.97 Å². The van der Waals surface area contributed by atoms with Crippen LogP contribution in [0.1, 0.15) is 27.0 Å². The zero-order valence-electron chi connectivity index (χ0n) is 15.4. The van der Waals surface area contributed by atoms with Crippen molar-refractivity contribution < 1.29 is 14.3 Å². The third kappa shape index (κ3) is 4.60. The Labute approximate surface area is 162 Å². The molecule has 5 nitrogen and oxygen atoms in total. The summed E-state index contributed by atoms with van der Waals surface area (Å²) in [6, 6.07) is 13.4.